The van der Waals surface area contributed by atoms with E-state index in [1.54, 1.807) is 13.0 Å². The fourth-order valence-electron chi connectivity index (χ4n) is 3.92. The molecule has 2 aromatic rings. The van der Waals surface area contributed by atoms with Crippen molar-refractivity contribution in [2.45, 2.75) is 45.2 Å². The molecule has 0 unspecified atom stereocenters. The van der Waals surface area contributed by atoms with Crippen LogP contribution in [0.5, 0.6) is 0 Å². The SMILES string of the molecule is Cc1cc(C2CCOCC2)oc(=O)c1C(=O)NCc1ncc2c(n1)CCN(C)C2. The van der Waals surface area contributed by atoms with Crippen LogP contribution in [0, 0.1) is 6.92 Å². The lowest BCUT2D eigenvalue weighted by atomic mass is 9.95. The van der Waals surface area contributed by atoms with Gasteiger partial charge in [0.05, 0.1) is 6.54 Å². The number of rotatable bonds is 4. The van der Waals surface area contributed by atoms with Crippen molar-refractivity contribution in [3.8, 4) is 0 Å². The summed E-state index contributed by atoms with van der Waals surface area (Å²) < 4.78 is 10.8. The minimum atomic E-state index is -0.599. The van der Waals surface area contributed by atoms with Crippen LogP contribution in [0.1, 0.15) is 57.5 Å². The predicted octanol–water partition coefficient (Wildman–Crippen LogP) is 1.55. The quantitative estimate of drug-likeness (QED) is 0.834. The van der Waals surface area contributed by atoms with Crippen molar-refractivity contribution in [1.82, 2.24) is 20.2 Å². The molecule has 4 heterocycles. The van der Waals surface area contributed by atoms with E-state index in [-0.39, 0.29) is 18.0 Å². The number of fused-ring (bicyclic) bond motifs is 1. The van der Waals surface area contributed by atoms with Crippen molar-refractivity contribution in [2.75, 3.05) is 26.8 Å². The molecule has 0 aliphatic carbocycles. The second kappa shape index (κ2) is 8.42. The van der Waals surface area contributed by atoms with Crippen LogP contribution in [0.15, 0.2) is 21.5 Å². The van der Waals surface area contributed by atoms with Crippen molar-refractivity contribution in [2.24, 2.45) is 0 Å². The minimum absolute atomic E-state index is 0.0420. The average molecular weight is 398 g/mol. The first-order chi connectivity index (χ1) is 14.0. The summed E-state index contributed by atoms with van der Waals surface area (Å²) in [6.45, 7) is 5.04. The van der Waals surface area contributed by atoms with E-state index in [0.29, 0.717) is 30.4 Å². The van der Waals surface area contributed by atoms with Crippen LogP contribution in [0.4, 0.5) is 0 Å². The van der Waals surface area contributed by atoms with Gasteiger partial charge in [-0.05, 0) is 38.4 Å². The van der Waals surface area contributed by atoms with Crippen molar-refractivity contribution in [3.63, 3.8) is 0 Å². The number of nitrogens with one attached hydrogen (secondary N) is 1. The highest BCUT2D eigenvalue weighted by Crippen LogP contribution is 2.27. The van der Waals surface area contributed by atoms with E-state index in [9.17, 15) is 9.59 Å². The van der Waals surface area contributed by atoms with Crippen LogP contribution in [-0.2, 0) is 24.2 Å². The van der Waals surface area contributed by atoms with Crippen LogP contribution < -0.4 is 10.9 Å². The molecule has 0 radical (unpaired) electrons. The van der Waals surface area contributed by atoms with Crippen LogP contribution in [0.3, 0.4) is 0 Å². The summed E-state index contributed by atoms with van der Waals surface area (Å²) in [5.74, 6) is 0.879. The number of amides is 1. The normalized spacial score (nSPS) is 17.7. The van der Waals surface area contributed by atoms with E-state index >= 15 is 0 Å². The zero-order chi connectivity index (χ0) is 20.4. The third kappa shape index (κ3) is 4.38. The minimum Gasteiger partial charge on any atom is -0.427 e. The molecule has 1 fully saturated rings. The van der Waals surface area contributed by atoms with Gasteiger partial charge < -0.3 is 19.4 Å². The number of hydrogen-bond acceptors (Lipinski definition) is 7. The molecule has 1 amide bonds. The fourth-order valence-corrected chi connectivity index (χ4v) is 3.92. The third-order valence-corrected chi connectivity index (χ3v) is 5.60. The number of likely N-dealkylation sites (N-methyl/N-ethyl adjacent to an activating group) is 1. The molecule has 1 saturated heterocycles. The maximum atomic E-state index is 12.6. The van der Waals surface area contributed by atoms with Crippen molar-refractivity contribution >= 4 is 5.91 Å². The molecule has 154 valence electrons. The van der Waals surface area contributed by atoms with Gasteiger partial charge in [0.15, 0.2) is 0 Å². The summed E-state index contributed by atoms with van der Waals surface area (Å²) >= 11 is 0. The lowest BCUT2D eigenvalue weighted by molar-refractivity contribution is 0.0795. The fraction of sp³-hybridized carbons (Fsp3) is 0.524. The van der Waals surface area contributed by atoms with E-state index in [1.165, 1.54) is 0 Å². The van der Waals surface area contributed by atoms with Crippen LogP contribution in [-0.4, -0.2) is 47.6 Å². The number of ether oxygens (including phenoxy) is 1. The number of hydrogen-bond donors (Lipinski definition) is 1. The Balaban J connectivity index is 1.45. The van der Waals surface area contributed by atoms with E-state index < -0.39 is 11.5 Å². The highest BCUT2D eigenvalue weighted by molar-refractivity contribution is 5.95. The van der Waals surface area contributed by atoms with Crippen LogP contribution in [0.2, 0.25) is 0 Å². The molecule has 2 aromatic heterocycles. The second-order valence-corrected chi connectivity index (χ2v) is 7.81. The van der Waals surface area contributed by atoms with Gasteiger partial charge in [0.2, 0.25) is 0 Å². The molecule has 0 saturated carbocycles. The van der Waals surface area contributed by atoms with E-state index in [0.717, 1.165) is 43.6 Å². The molecule has 0 atom stereocenters. The molecule has 29 heavy (non-hydrogen) atoms. The monoisotopic (exact) mass is 398 g/mol. The lowest BCUT2D eigenvalue weighted by Crippen LogP contribution is -2.31. The van der Waals surface area contributed by atoms with Gasteiger partial charge >= 0.3 is 5.63 Å². The number of aryl methyl sites for hydroxylation is 1. The smallest absolute Gasteiger partial charge is 0.349 e. The number of nitrogens with zero attached hydrogens (tertiary/aromatic N) is 3. The predicted molar refractivity (Wildman–Crippen MR) is 106 cm³/mol. The van der Waals surface area contributed by atoms with Crippen molar-refractivity contribution < 1.29 is 13.9 Å². The maximum Gasteiger partial charge on any atom is 0.349 e. The molecular weight excluding hydrogens is 372 g/mol. The zero-order valence-corrected chi connectivity index (χ0v) is 16.9. The Morgan fingerprint density at radius 1 is 1.34 bits per heavy atom. The van der Waals surface area contributed by atoms with Gasteiger partial charge in [0.25, 0.3) is 5.91 Å². The number of carbonyl (C=O) groups is 1. The van der Waals surface area contributed by atoms with E-state index in [2.05, 4.69) is 27.2 Å². The Bertz CT molecular complexity index is 966. The molecule has 2 aliphatic heterocycles. The second-order valence-electron chi connectivity index (χ2n) is 7.81. The standard InChI is InChI=1S/C21H26N4O4/c1-13-9-17(14-4-7-28-8-5-14)29-21(27)19(13)20(26)23-11-18-22-10-15-12-25(2)6-3-16(15)24-18/h9-10,14H,3-8,11-12H2,1-2H3,(H,23,26). The average Bonchev–Trinajstić information content (AvgIpc) is 2.72. The summed E-state index contributed by atoms with van der Waals surface area (Å²) in [6, 6.07) is 1.80. The molecule has 0 aromatic carbocycles. The van der Waals surface area contributed by atoms with Crippen LogP contribution in [0.25, 0.3) is 0 Å². The Labute approximate surface area is 169 Å². The third-order valence-electron chi connectivity index (χ3n) is 5.60. The largest absolute Gasteiger partial charge is 0.427 e. The number of carbonyl (C=O) groups excluding carboxylic acids is 1. The summed E-state index contributed by atoms with van der Waals surface area (Å²) in [5.41, 5.74) is 2.21. The molecule has 0 spiro atoms. The van der Waals surface area contributed by atoms with Gasteiger partial charge in [-0.3, -0.25) is 4.79 Å². The summed E-state index contributed by atoms with van der Waals surface area (Å²) in [5, 5.41) is 2.76. The highest BCUT2D eigenvalue weighted by Gasteiger charge is 2.23. The molecule has 4 rings (SSSR count). The van der Waals surface area contributed by atoms with Crippen molar-refractivity contribution in [1.29, 1.82) is 0 Å². The molecule has 0 bridgehead atoms. The van der Waals surface area contributed by atoms with Crippen LogP contribution >= 0.6 is 0 Å². The maximum absolute atomic E-state index is 12.6. The van der Waals surface area contributed by atoms with E-state index in [1.807, 2.05) is 6.20 Å². The van der Waals surface area contributed by atoms with Crippen molar-refractivity contribution in [3.05, 3.63) is 56.7 Å². The molecule has 1 N–H and O–H groups in total. The molecular formula is C21H26N4O4. The highest BCUT2D eigenvalue weighted by atomic mass is 16.5. The summed E-state index contributed by atoms with van der Waals surface area (Å²) in [7, 11) is 2.07. The van der Waals surface area contributed by atoms with Gasteiger partial charge in [-0.1, -0.05) is 0 Å². The Kier molecular flexibility index (Phi) is 5.73. The van der Waals surface area contributed by atoms with E-state index in [4.69, 9.17) is 9.15 Å². The van der Waals surface area contributed by atoms with Gasteiger partial charge in [-0.15, -0.1) is 0 Å². The lowest BCUT2D eigenvalue weighted by Gasteiger charge is -2.23. The topological polar surface area (TPSA) is 97.6 Å². The van der Waals surface area contributed by atoms with Gasteiger partial charge in [0.1, 0.15) is 17.1 Å². The zero-order valence-electron chi connectivity index (χ0n) is 16.9. The first kappa shape index (κ1) is 19.7. The first-order valence-corrected chi connectivity index (χ1v) is 10.0. The van der Waals surface area contributed by atoms with Gasteiger partial charge in [-0.25, -0.2) is 14.8 Å². The van der Waals surface area contributed by atoms with Gasteiger partial charge in [0, 0.05) is 56.1 Å². The Morgan fingerprint density at radius 2 is 2.14 bits per heavy atom. The molecule has 2 aliphatic rings. The molecule has 8 nitrogen and oxygen atoms in total. The Morgan fingerprint density at radius 3 is 2.90 bits per heavy atom. The number of aromatic nitrogens is 2. The first-order valence-electron chi connectivity index (χ1n) is 10.0. The Hall–Kier alpha value is -2.58. The molecule has 8 heteroatoms. The summed E-state index contributed by atoms with van der Waals surface area (Å²) in [4.78, 5) is 36.2. The van der Waals surface area contributed by atoms with Gasteiger partial charge in [-0.2, -0.15) is 0 Å². The summed E-state index contributed by atoms with van der Waals surface area (Å²) in [6.07, 6.45) is 4.33.